The molecule has 5 nitrogen and oxygen atoms in total. The predicted molar refractivity (Wildman–Crippen MR) is 76.5 cm³/mol. The third-order valence-corrected chi connectivity index (χ3v) is 2.99. The highest BCUT2D eigenvalue weighted by Crippen LogP contribution is 2.15. The van der Waals surface area contributed by atoms with E-state index in [0.717, 1.165) is 39.1 Å². The van der Waals surface area contributed by atoms with Gasteiger partial charge in [0, 0.05) is 25.7 Å². The lowest BCUT2D eigenvalue weighted by molar-refractivity contribution is -0.126. The number of hydrogen-bond acceptors (Lipinski definition) is 4. The van der Waals surface area contributed by atoms with E-state index in [9.17, 15) is 4.79 Å². The molecular weight excluding hydrogens is 228 g/mol. The Morgan fingerprint density at radius 3 is 2.39 bits per heavy atom. The van der Waals surface area contributed by atoms with Crippen molar-refractivity contribution in [3.63, 3.8) is 0 Å². The van der Waals surface area contributed by atoms with Crippen molar-refractivity contribution in [3.05, 3.63) is 0 Å². The van der Waals surface area contributed by atoms with Crippen LogP contribution in [0.4, 0.5) is 0 Å². The first-order valence-corrected chi connectivity index (χ1v) is 7.05. The molecule has 1 aliphatic heterocycles. The summed E-state index contributed by atoms with van der Waals surface area (Å²) in [5.41, 5.74) is 0. The van der Waals surface area contributed by atoms with E-state index in [2.05, 4.69) is 27.9 Å². The van der Waals surface area contributed by atoms with Gasteiger partial charge in [0.1, 0.15) is 0 Å². The van der Waals surface area contributed by atoms with E-state index in [1.807, 2.05) is 20.9 Å². The van der Waals surface area contributed by atoms with Crippen LogP contribution in [0.15, 0.2) is 0 Å². The predicted octanol–water partition coefficient (Wildman–Crippen LogP) is 0.237. The average molecular weight is 258 g/mol. The van der Waals surface area contributed by atoms with E-state index in [1.54, 1.807) is 0 Å². The molecule has 0 aliphatic carbocycles. The monoisotopic (exact) mass is 258 g/mol. The molecule has 0 spiro atoms. The Labute approximate surface area is 112 Å². The first kappa shape index (κ1) is 17.4. The summed E-state index contributed by atoms with van der Waals surface area (Å²) in [6.45, 7) is 8.39. The smallest absolute Gasteiger partial charge is 0.223 e. The molecule has 0 unspecified atom stereocenters. The number of carbonyl (C=O) groups excluding carboxylic acids is 1. The largest absolute Gasteiger partial charge is 0.355 e. The summed E-state index contributed by atoms with van der Waals surface area (Å²) < 4.78 is 0. The van der Waals surface area contributed by atoms with Crippen molar-refractivity contribution in [2.45, 2.75) is 26.7 Å². The van der Waals surface area contributed by atoms with Gasteiger partial charge in [-0.25, -0.2) is 0 Å². The fourth-order valence-electron chi connectivity index (χ4n) is 1.90. The molecule has 0 atom stereocenters. The Hall–Kier alpha value is -0.650. The zero-order valence-corrected chi connectivity index (χ0v) is 12.4. The Balaban J connectivity index is 0.00000137. The van der Waals surface area contributed by atoms with Gasteiger partial charge in [0.15, 0.2) is 0 Å². The van der Waals surface area contributed by atoms with Crippen molar-refractivity contribution in [1.82, 2.24) is 20.9 Å². The first-order chi connectivity index (χ1) is 8.74. The summed E-state index contributed by atoms with van der Waals surface area (Å²) in [5, 5.41) is 9.14. The Morgan fingerprint density at radius 2 is 1.83 bits per heavy atom. The third kappa shape index (κ3) is 7.63. The zero-order valence-electron chi connectivity index (χ0n) is 12.4. The van der Waals surface area contributed by atoms with Crippen LogP contribution in [0.1, 0.15) is 26.7 Å². The van der Waals surface area contributed by atoms with Gasteiger partial charge in [0.25, 0.3) is 0 Å². The van der Waals surface area contributed by atoms with Crippen molar-refractivity contribution in [3.8, 4) is 0 Å². The van der Waals surface area contributed by atoms with Crippen molar-refractivity contribution in [1.29, 1.82) is 0 Å². The van der Waals surface area contributed by atoms with E-state index in [0.29, 0.717) is 6.54 Å². The normalized spacial score (nSPS) is 16.9. The second-order valence-corrected chi connectivity index (χ2v) is 4.40. The molecule has 1 rings (SSSR count). The molecule has 108 valence electrons. The molecule has 1 aliphatic rings. The lowest BCUT2D eigenvalue weighted by atomic mass is 9.96. The number of amides is 1. The van der Waals surface area contributed by atoms with Gasteiger partial charge in [-0.1, -0.05) is 13.8 Å². The van der Waals surface area contributed by atoms with E-state index < -0.39 is 0 Å². The fourth-order valence-corrected chi connectivity index (χ4v) is 1.90. The molecule has 0 aromatic carbocycles. The van der Waals surface area contributed by atoms with Crippen LogP contribution < -0.4 is 16.0 Å². The second kappa shape index (κ2) is 11.4. The van der Waals surface area contributed by atoms with Gasteiger partial charge in [-0.2, -0.15) is 0 Å². The van der Waals surface area contributed by atoms with E-state index >= 15 is 0 Å². The van der Waals surface area contributed by atoms with Crippen LogP contribution in [0.25, 0.3) is 0 Å². The summed E-state index contributed by atoms with van der Waals surface area (Å²) in [6.07, 6.45) is 1.98. The van der Waals surface area contributed by atoms with Crippen molar-refractivity contribution in [2.24, 2.45) is 5.92 Å². The van der Waals surface area contributed by atoms with Gasteiger partial charge >= 0.3 is 0 Å². The molecule has 5 heteroatoms. The number of nitrogens with zero attached hydrogens (tertiary/aromatic N) is 1. The number of carbonyl (C=O) groups is 1. The van der Waals surface area contributed by atoms with Gasteiger partial charge in [-0.15, -0.1) is 0 Å². The van der Waals surface area contributed by atoms with Crippen molar-refractivity contribution in [2.75, 3.05) is 46.9 Å². The Bertz CT molecular complexity index is 203. The van der Waals surface area contributed by atoms with Crippen LogP contribution in [0.3, 0.4) is 0 Å². The standard InChI is InChI=1S/C11H24N4O.C2H6/c1-12-9-13-5-6-14-11(16)10-3-7-15(2)8-4-10;1-2/h10,12-13H,3-9H2,1-2H3,(H,14,16);1-2H3. The van der Waals surface area contributed by atoms with E-state index in [1.165, 1.54) is 0 Å². The average Bonchev–Trinajstić information content (AvgIpc) is 2.41. The summed E-state index contributed by atoms with van der Waals surface area (Å²) in [5.74, 6) is 0.444. The van der Waals surface area contributed by atoms with Crippen LogP contribution in [0.5, 0.6) is 0 Å². The second-order valence-electron chi connectivity index (χ2n) is 4.40. The Kier molecular flexibility index (Phi) is 11.0. The van der Waals surface area contributed by atoms with Crippen molar-refractivity contribution < 1.29 is 4.79 Å². The van der Waals surface area contributed by atoms with Crippen LogP contribution in [-0.2, 0) is 4.79 Å². The molecule has 18 heavy (non-hydrogen) atoms. The summed E-state index contributed by atoms with van der Waals surface area (Å²) in [4.78, 5) is 14.0. The quantitative estimate of drug-likeness (QED) is 0.472. The summed E-state index contributed by atoms with van der Waals surface area (Å²) in [7, 11) is 4.00. The van der Waals surface area contributed by atoms with Gasteiger partial charge in [0.2, 0.25) is 5.91 Å². The third-order valence-electron chi connectivity index (χ3n) is 2.99. The highest BCUT2D eigenvalue weighted by molar-refractivity contribution is 5.78. The molecule has 3 N–H and O–H groups in total. The van der Waals surface area contributed by atoms with Gasteiger partial charge < -0.3 is 20.9 Å². The molecule has 0 radical (unpaired) electrons. The highest BCUT2D eigenvalue weighted by atomic mass is 16.1. The van der Waals surface area contributed by atoms with Gasteiger partial charge in [-0.3, -0.25) is 4.79 Å². The lowest BCUT2D eigenvalue weighted by Crippen LogP contribution is -2.41. The van der Waals surface area contributed by atoms with Crippen LogP contribution in [0, 0.1) is 5.92 Å². The molecule has 0 aromatic rings. The highest BCUT2D eigenvalue weighted by Gasteiger charge is 2.22. The minimum absolute atomic E-state index is 0.222. The lowest BCUT2D eigenvalue weighted by Gasteiger charge is -2.28. The van der Waals surface area contributed by atoms with Gasteiger partial charge in [0.05, 0.1) is 0 Å². The maximum Gasteiger partial charge on any atom is 0.223 e. The molecule has 1 heterocycles. The topological polar surface area (TPSA) is 56.4 Å². The molecule has 0 bridgehead atoms. The maximum atomic E-state index is 11.8. The number of rotatable bonds is 6. The van der Waals surface area contributed by atoms with Crippen LogP contribution in [-0.4, -0.2) is 57.8 Å². The fraction of sp³-hybridized carbons (Fsp3) is 0.923. The molecular formula is C13H30N4O. The number of likely N-dealkylation sites (tertiary alicyclic amines) is 1. The molecule has 0 saturated carbocycles. The molecule has 0 aromatic heterocycles. The molecule has 1 amide bonds. The van der Waals surface area contributed by atoms with Crippen LogP contribution >= 0.6 is 0 Å². The molecule has 1 fully saturated rings. The first-order valence-electron chi connectivity index (χ1n) is 7.05. The van der Waals surface area contributed by atoms with Crippen molar-refractivity contribution >= 4 is 5.91 Å². The number of nitrogens with one attached hydrogen (secondary N) is 3. The Morgan fingerprint density at radius 1 is 1.22 bits per heavy atom. The minimum atomic E-state index is 0.222. The molecule has 1 saturated heterocycles. The van der Waals surface area contributed by atoms with Gasteiger partial charge in [-0.05, 0) is 40.0 Å². The number of piperidine rings is 1. The summed E-state index contributed by atoms with van der Waals surface area (Å²) >= 11 is 0. The number of hydrogen-bond donors (Lipinski definition) is 3. The van der Waals surface area contributed by atoms with Crippen LogP contribution in [0.2, 0.25) is 0 Å². The zero-order chi connectivity index (χ0) is 13.8. The summed E-state index contributed by atoms with van der Waals surface area (Å²) in [6, 6.07) is 0. The van der Waals surface area contributed by atoms with E-state index in [4.69, 9.17) is 0 Å². The minimum Gasteiger partial charge on any atom is -0.355 e. The maximum absolute atomic E-state index is 11.8. The SMILES string of the molecule is CC.CNCNCCNC(=O)C1CCN(C)CC1. The van der Waals surface area contributed by atoms with E-state index in [-0.39, 0.29) is 11.8 Å².